The zero-order valence-electron chi connectivity index (χ0n) is 17.0. The summed E-state index contributed by atoms with van der Waals surface area (Å²) in [4.78, 5) is 21.0. The fourth-order valence-corrected chi connectivity index (χ4v) is 3.87. The van der Waals surface area contributed by atoms with Gasteiger partial charge in [0.05, 0.1) is 31.6 Å². The third-order valence-corrected chi connectivity index (χ3v) is 5.55. The van der Waals surface area contributed by atoms with E-state index in [1.54, 1.807) is 18.3 Å². The molecule has 0 saturated heterocycles. The first-order valence-corrected chi connectivity index (χ1v) is 9.84. The Morgan fingerprint density at radius 2 is 2.14 bits per heavy atom. The molecule has 2 aliphatic rings. The molecule has 0 spiro atoms. The maximum atomic E-state index is 12.9. The molecule has 1 fully saturated rings. The topological polar surface area (TPSA) is 108 Å². The lowest BCUT2D eigenvalue weighted by Crippen LogP contribution is -2.45. The summed E-state index contributed by atoms with van der Waals surface area (Å²) in [5.74, 6) is 0.816. The summed E-state index contributed by atoms with van der Waals surface area (Å²) in [5, 5.41) is 7.39. The van der Waals surface area contributed by atoms with Crippen LogP contribution in [0, 0.1) is 0 Å². The molecule has 1 aliphatic heterocycles. The number of aliphatic imine (C=N–C) groups is 1. The van der Waals surface area contributed by atoms with Crippen molar-refractivity contribution in [1.29, 1.82) is 0 Å². The van der Waals surface area contributed by atoms with Gasteiger partial charge in [-0.05, 0) is 30.5 Å². The van der Waals surface area contributed by atoms with E-state index in [2.05, 4.69) is 27.4 Å². The van der Waals surface area contributed by atoms with Crippen LogP contribution in [0.2, 0.25) is 0 Å². The number of amides is 2. The van der Waals surface area contributed by atoms with Crippen molar-refractivity contribution in [2.75, 3.05) is 20.7 Å². The number of hydrogen-bond acceptors (Lipinski definition) is 6. The van der Waals surface area contributed by atoms with Gasteiger partial charge in [0.2, 0.25) is 0 Å². The molecule has 1 unspecified atom stereocenters. The van der Waals surface area contributed by atoms with Gasteiger partial charge in [0.1, 0.15) is 5.75 Å². The van der Waals surface area contributed by atoms with Gasteiger partial charge in [-0.15, -0.1) is 5.10 Å². The van der Waals surface area contributed by atoms with Crippen LogP contribution in [0.5, 0.6) is 5.75 Å². The lowest BCUT2D eigenvalue weighted by atomic mass is 9.95. The highest BCUT2D eigenvalue weighted by Gasteiger charge is 2.30. The van der Waals surface area contributed by atoms with Crippen LogP contribution in [0.1, 0.15) is 49.3 Å². The molecule has 1 heterocycles. The fourth-order valence-electron chi connectivity index (χ4n) is 3.87. The van der Waals surface area contributed by atoms with E-state index in [9.17, 15) is 4.79 Å². The van der Waals surface area contributed by atoms with Crippen molar-refractivity contribution < 1.29 is 9.53 Å². The second-order valence-corrected chi connectivity index (χ2v) is 7.33. The van der Waals surface area contributed by atoms with Gasteiger partial charge < -0.3 is 15.4 Å². The molecule has 1 aromatic carbocycles. The number of nitrogens with two attached hydrogens (primary N) is 1. The van der Waals surface area contributed by atoms with Gasteiger partial charge >= 0.3 is 6.03 Å². The second-order valence-electron chi connectivity index (χ2n) is 7.33. The van der Waals surface area contributed by atoms with Gasteiger partial charge in [0, 0.05) is 19.8 Å². The quantitative estimate of drug-likeness (QED) is 0.435. The number of benzene rings is 1. The monoisotopic (exact) mass is 399 g/mol. The molecule has 156 valence electrons. The summed E-state index contributed by atoms with van der Waals surface area (Å²) in [6.07, 6.45) is 7.42. The Kier molecular flexibility index (Phi) is 6.69. The van der Waals surface area contributed by atoms with Crippen LogP contribution in [0.25, 0.3) is 0 Å². The van der Waals surface area contributed by atoms with E-state index >= 15 is 0 Å². The predicted molar refractivity (Wildman–Crippen MR) is 114 cm³/mol. The van der Waals surface area contributed by atoms with Gasteiger partial charge in [-0.3, -0.25) is 9.89 Å². The molecule has 0 radical (unpaired) electrons. The Morgan fingerprint density at radius 3 is 2.83 bits per heavy atom. The van der Waals surface area contributed by atoms with Gasteiger partial charge in [0.25, 0.3) is 0 Å². The Hall–Kier alpha value is -3.10. The minimum absolute atomic E-state index is 0.000723. The number of hydrazone groups is 2. The number of hydrogen-bond donors (Lipinski definition) is 2. The van der Waals surface area contributed by atoms with Crippen molar-refractivity contribution in [3.05, 3.63) is 29.3 Å². The maximum Gasteiger partial charge on any atom is 0.325 e. The Morgan fingerprint density at radius 1 is 1.38 bits per heavy atom. The van der Waals surface area contributed by atoms with Gasteiger partial charge in [-0.2, -0.15) is 10.6 Å². The molecule has 1 saturated carbocycles. The maximum absolute atomic E-state index is 12.9. The molecular formula is C20H29N7O2. The minimum Gasteiger partial charge on any atom is -0.496 e. The first kappa shape index (κ1) is 20.6. The third kappa shape index (κ3) is 4.67. The van der Waals surface area contributed by atoms with E-state index in [0.717, 1.165) is 18.4 Å². The van der Waals surface area contributed by atoms with Gasteiger partial charge in [-0.25, -0.2) is 4.79 Å². The van der Waals surface area contributed by atoms with E-state index in [4.69, 9.17) is 10.5 Å². The minimum atomic E-state index is -0.165. The summed E-state index contributed by atoms with van der Waals surface area (Å²) >= 11 is 0. The average Bonchev–Trinajstić information content (AvgIpc) is 3.26. The number of amidine groups is 1. The molecular weight excluding hydrogens is 370 g/mol. The van der Waals surface area contributed by atoms with Crippen LogP contribution >= 0.6 is 0 Å². The van der Waals surface area contributed by atoms with Crippen molar-refractivity contribution >= 4 is 24.9 Å². The molecule has 29 heavy (non-hydrogen) atoms. The highest BCUT2D eigenvalue weighted by atomic mass is 16.5. The molecule has 9 nitrogen and oxygen atoms in total. The number of nitrogens with one attached hydrogen (secondary N) is 1. The number of methoxy groups -OCH3 is 1. The summed E-state index contributed by atoms with van der Waals surface area (Å²) in [7, 11) is 3.46. The molecule has 0 aromatic heterocycles. The first-order valence-electron chi connectivity index (χ1n) is 9.84. The van der Waals surface area contributed by atoms with Crippen LogP contribution in [0.3, 0.4) is 0 Å². The lowest BCUT2D eigenvalue weighted by molar-refractivity contribution is 0.155. The van der Waals surface area contributed by atoms with Crippen molar-refractivity contribution in [3.63, 3.8) is 0 Å². The normalized spacial score (nSPS) is 19.9. The Labute approximate surface area is 171 Å². The van der Waals surface area contributed by atoms with E-state index in [1.165, 1.54) is 19.3 Å². The molecule has 1 atom stereocenters. The third-order valence-electron chi connectivity index (χ3n) is 5.55. The van der Waals surface area contributed by atoms with Crippen LogP contribution < -0.4 is 16.0 Å². The molecule has 1 aliphatic carbocycles. The van der Waals surface area contributed by atoms with Crippen LogP contribution in [-0.2, 0) is 0 Å². The van der Waals surface area contributed by atoms with Crippen molar-refractivity contribution in [2.45, 2.75) is 44.2 Å². The van der Waals surface area contributed by atoms with E-state index in [-0.39, 0.29) is 17.9 Å². The summed E-state index contributed by atoms with van der Waals surface area (Å²) in [5.41, 5.74) is 9.97. The molecule has 3 N–H and O–H groups in total. The average molecular weight is 399 g/mol. The van der Waals surface area contributed by atoms with Crippen LogP contribution in [0.15, 0.2) is 33.4 Å². The fraction of sp³-hybridized carbons (Fsp3) is 0.500. The number of carbonyl (C=O) groups excluding carboxylic acids is 1. The highest BCUT2D eigenvalue weighted by molar-refractivity contribution is 6.00. The molecule has 3 rings (SSSR count). The van der Waals surface area contributed by atoms with Crippen LogP contribution in [-0.4, -0.2) is 61.5 Å². The molecule has 1 aromatic rings. The van der Waals surface area contributed by atoms with Gasteiger partial charge in [-0.1, -0.05) is 25.3 Å². The smallest absolute Gasteiger partial charge is 0.325 e. The summed E-state index contributed by atoms with van der Waals surface area (Å²) < 4.78 is 5.38. The van der Waals surface area contributed by atoms with Crippen LogP contribution in [0.4, 0.5) is 4.79 Å². The molecule has 0 bridgehead atoms. The number of ether oxygens (including phenoxy) is 1. The SMILES string of the molecule is C=NN/N=C(\N)c1cc(C2CN(C(=O)N(C)C3CCCCC3)C=N2)ccc1OC. The largest absolute Gasteiger partial charge is 0.496 e. The zero-order chi connectivity index (χ0) is 20.8. The zero-order valence-corrected chi connectivity index (χ0v) is 17.0. The van der Waals surface area contributed by atoms with Gasteiger partial charge in [0.15, 0.2) is 5.84 Å². The van der Waals surface area contributed by atoms with E-state index in [1.807, 2.05) is 30.1 Å². The number of rotatable bonds is 6. The lowest BCUT2D eigenvalue weighted by Gasteiger charge is -2.33. The predicted octanol–water partition coefficient (Wildman–Crippen LogP) is 2.29. The number of urea groups is 1. The van der Waals surface area contributed by atoms with E-state index in [0.29, 0.717) is 23.9 Å². The summed E-state index contributed by atoms with van der Waals surface area (Å²) in [6.45, 7) is 3.80. The van der Waals surface area contributed by atoms with Crippen molar-refractivity contribution in [1.82, 2.24) is 15.3 Å². The van der Waals surface area contributed by atoms with Crippen molar-refractivity contribution in [2.24, 2.45) is 20.9 Å². The molecule has 2 amide bonds. The summed E-state index contributed by atoms with van der Waals surface area (Å²) in [6, 6.07) is 5.78. The first-order chi connectivity index (χ1) is 14.0. The second kappa shape index (κ2) is 9.40. The standard InChI is InChI=1S/C20H29N7O2/c1-22-25-24-19(21)16-11-14(9-10-18(16)29-3)17-12-27(13-23-17)20(28)26(2)15-7-5-4-6-8-15/h9-11,13,15,17,25H,1,4-8,12H2,2-3H3,(H2,21,24). The highest BCUT2D eigenvalue weighted by Crippen LogP contribution is 2.29. The van der Waals surface area contributed by atoms with Crippen molar-refractivity contribution in [3.8, 4) is 5.75 Å². The Balaban J connectivity index is 1.71. The molecule has 9 heteroatoms. The van der Waals surface area contributed by atoms with E-state index < -0.39 is 0 Å². The number of carbonyl (C=O) groups is 1. The Bertz CT molecular complexity index is 802. The number of nitrogens with zero attached hydrogens (tertiary/aromatic N) is 5.